The molecule has 3 rings (SSSR count). The summed E-state index contributed by atoms with van der Waals surface area (Å²) in [5, 5.41) is 1.89. The largest absolute Gasteiger partial charge is 0.469 e. The highest BCUT2D eigenvalue weighted by molar-refractivity contribution is 7.12. The maximum absolute atomic E-state index is 12.8. The lowest BCUT2D eigenvalue weighted by Gasteiger charge is -2.37. The molecule has 1 aromatic rings. The van der Waals surface area contributed by atoms with E-state index in [1.807, 2.05) is 22.4 Å². The summed E-state index contributed by atoms with van der Waals surface area (Å²) in [5.41, 5.74) is 0. The third-order valence-electron chi connectivity index (χ3n) is 5.13. The normalized spacial score (nSPS) is 21.9. The summed E-state index contributed by atoms with van der Waals surface area (Å²) in [4.78, 5) is 41.3. The number of carbonyl (C=O) groups is 3. The van der Waals surface area contributed by atoms with Crippen molar-refractivity contribution in [3.63, 3.8) is 0 Å². The predicted octanol–water partition coefficient (Wildman–Crippen LogP) is 2.01. The van der Waals surface area contributed by atoms with E-state index in [0.717, 1.165) is 17.7 Å². The molecule has 0 saturated carbocycles. The molecule has 7 heteroatoms. The van der Waals surface area contributed by atoms with Crippen molar-refractivity contribution in [3.8, 4) is 0 Å². The molecule has 0 radical (unpaired) electrons. The zero-order chi connectivity index (χ0) is 17.8. The molecular formula is C18H24N2O4S. The number of likely N-dealkylation sites (tertiary alicyclic amines) is 2. The van der Waals surface area contributed by atoms with Crippen LogP contribution in [0.2, 0.25) is 0 Å². The van der Waals surface area contributed by atoms with Crippen molar-refractivity contribution >= 4 is 29.1 Å². The van der Waals surface area contributed by atoms with Gasteiger partial charge in [-0.05, 0) is 37.1 Å². The standard InChI is InChI=1S/C18H24N2O4S/c1-24-18(23)13-6-9-19(10-7-13)16(21)14-4-2-8-20(12-14)17(22)15-5-3-11-25-15/h3,5,11,13-14H,2,4,6-10,12H2,1H3. The molecular weight excluding hydrogens is 340 g/mol. The highest BCUT2D eigenvalue weighted by Gasteiger charge is 2.34. The number of hydrogen-bond acceptors (Lipinski definition) is 5. The van der Waals surface area contributed by atoms with Gasteiger partial charge in [-0.3, -0.25) is 14.4 Å². The number of rotatable bonds is 3. The second-order valence-corrected chi connectivity index (χ2v) is 7.64. The Balaban J connectivity index is 1.56. The van der Waals surface area contributed by atoms with Crippen LogP contribution in [0.3, 0.4) is 0 Å². The van der Waals surface area contributed by atoms with Crippen molar-refractivity contribution in [2.24, 2.45) is 11.8 Å². The van der Waals surface area contributed by atoms with E-state index in [4.69, 9.17) is 4.74 Å². The maximum atomic E-state index is 12.8. The molecule has 2 aliphatic rings. The van der Waals surface area contributed by atoms with Gasteiger partial charge < -0.3 is 14.5 Å². The molecule has 0 N–H and O–H groups in total. The molecule has 6 nitrogen and oxygen atoms in total. The number of carbonyl (C=O) groups excluding carboxylic acids is 3. The van der Waals surface area contributed by atoms with Crippen LogP contribution in [-0.2, 0) is 14.3 Å². The van der Waals surface area contributed by atoms with Crippen LogP contribution in [0.5, 0.6) is 0 Å². The lowest BCUT2D eigenvalue weighted by atomic mass is 9.92. The van der Waals surface area contributed by atoms with Gasteiger partial charge in [-0.25, -0.2) is 0 Å². The first kappa shape index (κ1) is 17.9. The zero-order valence-corrected chi connectivity index (χ0v) is 15.3. The summed E-state index contributed by atoms with van der Waals surface area (Å²) < 4.78 is 4.79. The van der Waals surface area contributed by atoms with E-state index >= 15 is 0 Å². The number of esters is 1. The second-order valence-electron chi connectivity index (χ2n) is 6.69. The number of ether oxygens (including phenoxy) is 1. The van der Waals surface area contributed by atoms with Crippen LogP contribution in [0.25, 0.3) is 0 Å². The van der Waals surface area contributed by atoms with Crippen LogP contribution in [0.4, 0.5) is 0 Å². The fourth-order valence-electron chi connectivity index (χ4n) is 3.68. The van der Waals surface area contributed by atoms with Crippen molar-refractivity contribution in [1.29, 1.82) is 0 Å². The van der Waals surface area contributed by atoms with E-state index in [-0.39, 0.29) is 29.6 Å². The van der Waals surface area contributed by atoms with Crippen LogP contribution in [0, 0.1) is 11.8 Å². The molecule has 3 heterocycles. The lowest BCUT2D eigenvalue weighted by Crippen LogP contribution is -2.49. The van der Waals surface area contributed by atoms with Crippen molar-refractivity contribution in [2.45, 2.75) is 25.7 Å². The van der Waals surface area contributed by atoms with Gasteiger partial charge in [0.05, 0.1) is 23.8 Å². The molecule has 2 aliphatic heterocycles. The Kier molecular flexibility index (Phi) is 5.73. The summed E-state index contributed by atoms with van der Waals surface area (Å²) in [6, 6.07) is 3.70. The van der Waals surface area contributed by atoms with Crippen LogP contribution < -0.4 is 0 Å². The summed E-state index contributed by atoms with van der Waals surface area (Å²) >= 11 is 1.44. The van der Waals surface area contributed by atoms with E-state index in [1.165, 1.54) is 18.4 Å². The first-order valence-electron chi connectivity index (χ1n) is 8.79. The number of methoxy groups -OCH3 is 1. The minimum Gasteiger partial charge on any atom is -0.469 e. The Morgan fingerprint density at radius 3 is 2.48 bits per heavy atom. The molecule has 1 atom stereocenters. The van der Waals surface area contributed by atoms with Crippen LogP contribution in [-0.4, -0.2) is 60.9 Å². The predicted molar refractivity (Wildman–Crippen MR) is 94.3 cm³/mol. The van der Waals surface area contributed by atoms with Gasteiger partial charge in [0.2, 0.25) is 5.91 Å². The van der Waals surface area contributed by atoms with Gasteiger partial charge in [-0.15, -0.1) is 11.3 Å². The Morgan fingerprint density at radius 2 is 1.84 bits per heavy atom. The molecule has 1 aromatic heterocycles. The van der Waals surface area contributed by atoms with Crippen LogP contribution in [0.1, 0.15) is 35.4 Å². The van der Waals surface area contributed by atoms with Crippen molar-refractivity contribution in [1.82, 2.24) is 9.80 Å². The fourth-order valence-corrected chi connectivity index (χ4v) is 4.37. The number of hydrogen-bond donors (Lipinski definition) is 0. The molecule has 136 valence electrons. The Hall–Kier alpha value is -1.89. The average Bonchev–Trinajstić information content (AvgIpc) is 3.21. The number of thiophene rings is 1. The zero-order valence-electron chi connectivity index (χ0n) is 14.5. The first-order chi connectivity index (χ1) is 12.1. The van der Waals surface area contributed by atoms with Crippen molar-refractivity contribution < 1.29 is 19.1 Å². The number of nitrogens with zero attached hydrogens (tertiary/aromatic N) is 2. The fraction of sp³-hybridized carbons (Fsp3) is 0.611. The van der Waals surface area contributed by atoms with E-state index < -0.39 is 0 Å². The highest BCUT2D eigenvalue weighted by atomic mass is 32.1. The molecule has 0 aliphatic carbocycles. The van der Waals surface area contributed by atoms with Gasteiger partial charge in [0, 0.05) is 26.2 Å². The van der Waals surface area contributed by atoms with Gasteiger partial charge in [0.1, 0.15) is 0 Å². The number of amides is 2. The minimum absolute atomic E-state index is 0.0249. The Labute approximate surface area is 151 Å². The third kappa shape index (κ3) is 4.03. The smallest absolute Gasteiger partial charge is 0.308 e. The third-order valence-corrected chi connectivity index (χ3v) is 5.99. The molecule has 2 fully saturated rings. The molecule has 25 heavy (non-hydrogen) atoms. The molecule has 2 saturated heterocycles. The summed E-state index contributed by atoms with van der Waals surface area (Å²) in [6.07, 6.45) is 2.99. The monoisotopic (exact) mass is 364 g/mol. The van der Waals surface area contributed by atoms with Gasteiger partial charge in [-0.2, -0.15) is 0 Å². The van der Waals surface area contributed by atoms with Gasteiger partial charge in [0.25, 0.3) is 5.91 Å². The van der Waals surface area contributed by atoms with E-state index in [2.05, 4.69) is 0 Å². The van der Waals surface area contributed by atoms with Crippen LogP contribution in [0.15, 0.2) is 17.5 Å². The maximum Gasteiger partial charge on any atom is 0.308 e. The van der Waals surface area contributed by atoms with Crippen molar-refractivity contribution in [2.75, 3.05) is 33.3 Å². The van der Waals surface area contributed by atoms with Gasteiger partial charge in [-0.1, -0.05) is 6.07 Å². The van der Waals surface area contributed by atoms with E-state index in [1.54, 1.807) is 4.90 Å². The average molecular weight is 364 g/mol. The molecule has 2 amide bonds. The minimum atomic E-state index is -0.183. The molecule has 1 unspecified atom stereocenters. The van der Waals surface area contributed by atoms with Gasteiger partial charge in [0.15, 0.2) is 0 Å². The van der Waals surface area contributed by atoms with E-state index in [9.17, 15) is 14.4 Å². The summed E-state index contributed by atoms with van der Waals surface area (Å²) in [6.45, 7) is 2.39. The van der Waals surface area contributed by atoms with Crippen molar-refractivity contribution in [3.05, 3.63) is 22.4 Å². The highest BCUT2D eigenvalue weighted by Crippen LogP contribution is 2.25. The Morgan fingerprint density at radius 1 is 1.08 bits per heavy atom. The molecule has 0 spiro atoms. The van der Waals surface area contributed by atoms with Crippen LogP contribution >= 0.6 is 11.3 Å². The Bertz CT molecular complexity index is 623. The lowest BCUT2D eigenvalue weighted by molar-refractivity contribution is -0.150. The molecule has 0 aromatic carbocycles. The van der Waals surface area contributed by atoms with E-state index in [0.29, 0.717) is 39.0 Å². The summed E-state index contributed by atoms with van der Waals surface area (Å²) in [5.74, 6) is -0.272. The number of piperidine rings is 2. The first-order valence-corrected chi connectivity index (χ1v) is 9.67. The SMILES string of the molecule is COC(=O)C1CCN(C(=O)C2CCCN(C(=O)c3cccs3)C2)CC1. The molecule has 0 bridgehead atoms. The quantitative estimate of drug-likeness (QED) is 0.770. The van der Waals surface area contributed by atoms with Gasteiger partial charge >= 0.3 is 5.97 Å². The topological polar surface area (TPSA) is 66.9 Å². The summed E-state index contributed by atoms with van der Waals surface area (Å²) in [7, 11) is 1.40. The second kappa shape index (κ2) is 7.99.